The highest BCUT2D eigenvalue weighted by atomic mass is 79.9. The molecule has 1 aliphatic carbocycles. The average molecular weight is 319 g/mol. The lowest BCUT2D eigenvalue weighted by molar-refractivity contribution is 0.0891. The molecule has 0 amide bonds. The van der Waals surface area contributed by atoms with Crippen molar-refractivity contribution in [2.45, 2.75) is 24.9 Å². The number of rotatable bonds is 0. The van der Waals surface area contributed by atoms with Gasteiger partial charge in [-0.25, -0.2) is 0 Å². The summed E-state index contributed by atoms with van der Waals surface area (Å²) in [7, 11) is 0. The third-order valence-electron chi connectivity index (χ3n) is 3.91. The molecule has 2 atom stereocenters. The van der Waals surface area contributed by atoms with Crippen LogP contribution < -0.4 is 10.3 Å². The third kappa shape index (κ3) is 1.57. The first-order valence-corrected chi connectivity index (χ1v) is 7.08. The molecule has 5 rings (SSSR count). The Morgan fingerprint density at radius 3 is 3.05 bits per heavy atom. The standard InChI is InChI=1S/C14H11BrN2O2/c15-13-11-7-16-17(14(13)18)8-2-1-3-9(6-8)19-12-5-4-10(11)12/h1-3,6-7,10,12H,4-5H2. The van der Waals surface area contributed by atoms with Crippen molar-refractivity contribution in [2.75, 3.05) is 0 Å². The lowest BCUT2D eigenvalue weighted by atomic mass is 9.77. The number of fused-ring (bicyclic) bond motifs is 2. The molecule has 2 unspecified atom stereocenters. The molecule has 2 aromatic rings. The van der Waals surface area contributed by atoms with Gasteiger partial charge in [0.25, 0.3) is 5.56 Å². The average Bonchev–Trinajstić information content (AvgIpc) is 2.40. The van der Waals surface area contributed by atoms with Gasteiger partial charge in [0.2, 0.25) is 0 Å². The second-order valence-electron chi connectivity index (χ2n) is 4.97. The van der Waals surface area contributed by atoms with Crippen LogP contribution in [0.2, 0.25) is 0 Å². The van der Waals surface area contributed by atoms with Crippen LogP contribution in [0.5, 0.6) is 5.75 Å². The fourth-order valence-electron chi connectivity index (χ4n) is 2.72. The van der Waals surface area contributed by atoms with E-state index in [-0.39, 0.29) is 17.6 Å². The van der Waals surface area contributed by atoms with E-state index in [1.54, 1.807) is 6.20 Å². The van der Waals surface area contributed by atoms with E-state index >= 15 is 0 Å². The summed E-state index contributed by atoms with van der Waals surface area (Å²) >= 11 is 3.42. The quantitative estimate of drug-likeness (QED) is 0.750. The molecule has 0 spiro atoms. The first-order valence-electron chi connectivity index (χ1n) is 6.29. The van der Waals surface area contributed by atoms with Crippen molar-refractivity contribution in [1.29, 1.82) is 0 Å². The molecule has 3 aliphatic rings. The molecule has 1 aromatic heterocycles. The number of benzene rings is 1. The largest absolute Gasteiger partial charge is 0.490 e. The predicted octanol–water partition coefficient (Wildman–Crippen LogP) is 2.63. The van der Waals surface area contributed by atoms with Gasteiger partial charge in [-0.15, -0.1) is 0 Å². The SMILES string of the molecule is O=c1c(Br)c2cnn1-c1cccc(c1)OC1CCC21. The molecule has 1 saturated carbocycles. The molecule has 96 valence electrons. The molecule has 1 aromatic carbocycles. The molecule has 4 nitrogen and oxygen atoms in total. The topological polar surface area (TPSA) is 44.1 Å². The zero-order valence-corrected chi connectivity index (χ0v) is 11.6. The van der Waals surface area contributed by atoms with Crippen molar-refractivity contribution >= 4 is 15.9 Å². The Hall–Kier alpha value is -1.62. The minimum atomic E-state index is -0.109. The Morgan fingerprint density at radius 1 is 1.37 bits per heavy atom. The number of hydrogen-bond acceptors (Lipinski definition) is 3. The lowest BCUT2D eigenvalue weighted by Gasteiger charge is -2.37. The van der Waals surface area contributed by atoms with Gasteiger partial charge in [-0.3, -0.25) is 4.79 Å². The molecule has 1 fully saturated rings. The molecule has 2 aliphatic heterocycles. The number of hydrogen-bond donors (Lipinski definition) is 0. The molecule has 19 heavy (non-hydrogen) atoms. The summed E-state index contributed by atoms with van der Waals surface area (Å²) < 4.78 is 8.02. The van der Waals surface area contributed by atoms with Crippen molar-refractivity contribution in [1.82, 2.24) is 9.78 Å². The van der Waals surface area contributed by atoms with Crippen LogP contribution in [0, 0.1) is 0 Å². The number of ether oxygens (including phenoxy) is 1. The van der Waals surface area contributed by atoms with Crippen LogP contribution >= 0.6 is 15.9 Å². The zero-order valence-electron chi connectivity index (χ0n) is 10.0. The van der Waals surface area contributed by atoms with Gasteiger partial charge in [-0.2, -0.15) is 9.78 Å². The summed E-state index contributed by atoms with van der Waals surface area (Å²) in [4.78, 5) is 12.4. The molecular weight excluding hydrogens is 308 g/mol. The maximum Gasteiger partial charge on any atom is 0.286 e. The highest BCUT2D eigenvalue weighted by Gasteiger charge is 2.37. The predicted molar refractivity (Wildman–Crippen MR) is 73.9 cm³/mol. The summed E-state index contributed by atoms with van der Waals surface area (Å²) in [6.07, 6.45) is 3.98. The summed E-state index contributed by atoms with van der Waals surface area (Å²) in [6.45, 7) is 0. The number of halogens is 1. The highest BCUT2D eigenvalue weighted by Crippen LogP contribution is 2.42. The zero-order chi connectivity index (χ0) is 13.0. The van der Waals surface area contributed by atoms with Crippen LogP contribution in [0.25, 0.3) is 5.69 Å². The molecule has 3 heterocycles. The molecule has 0 saturated heterocycles. The normalized spacial score (nSPS) is 23.2. The summed E-state index contributed by atoms with van der Waals surface area (Å²) in [5.74, 6) is 1.06. The van der Waals surface area contributed by atoms with Crippen molar-refractivity contribution in [3.63, 3.8) is 0 Å². The van der Waals surface area contributed by atoms with Gasteiger partial charge in [0, 0.05) is 12.0 Å². The lowest BCUT2D eigenvalue weighted by Crippen LogP contribution is -2.37. The van der Waals surface area contributed by atoms with Crippen LogP contribution in [-0.2, 0) is 0 Å². The van der Waals surface area contributed by atoms with E-state index < -0.39 is 0 Å². The monoisotopic (exact) mass is 318 g/mol. The van der Waals surface area contributed by atoms with Crippen LogP contribution in [-0.4, -0.2) is 15.9 Å². The van der Waals surface area contributed by atoms with Crippen molar-refractivity contribution in [2.24, 2.45) is 0 Å². The minimum absolute atomic E-state index is 0.109. The van der Waals surface area contributed by atoms with E-state index in [1.807, 2.05) is 24.3 Å². The Kier molecular flexibility index (Phi) is 2.33. The van der Waals surface area contributed by atoms with E-state index in [9.17, 15) is 4.79 Å². The third-order valence-corrected chi connectivity index (χ3v) is 4.70. The van der Waals surface area contributed by atoms with Crippen LogP contribution in [0.4, 0.5) is 0 Å². The van der Waals surface area contributed by atoms with Crippen LogP contribution in [0.15, 0.2) is 39.7 Å². The van der Waals surface area contributed by atoms with Gasteiger partial charge in [0.1, 0.15) is 11.9 Å². The Labute approximate surface area is 118 Å². The van der Waals surface area contributed by atoms with Gasteiger partial charge >= 0.3 is 0 Å². The second-order valence-corrected chi connectivity index (χ2v) is 5.76. The van der Waals surface area contributed by atoms with E-state index in [0.717, 1.165) is 29.8 Å². The van der Waals surface area contributed by atoms with E-state index in [2.05, 4.69) is 21.0 Å². The summed E-state index contributed by atoms with van der Waals surface area (Å²) in [5.41, 5.74) is 1.58. The first kappa shape index (κ1) is 11.2. The fraction of sp³-hybridized carbons (Fsp3) is 0.286. The second kappa shape index (κ2) is 3.93. The molecule has 0 radical (unpaired) electrons. The van der Waals surface area contributed by atoms with Gasteiger partial charge in [-0.1, -0.05) is 6.07 Å². The Balaban J connectivity index is 2.04. The van der Waals surface area contributed by atoms with Gasteiger partial charge in [0.15, 0.2) is 0 Å². The molecule has 4 bridgehead atoms. The molecule has 0 N–H and O–H groups in total. The van der Waals surface area contributed by atoms with E-state index in [1.165, 1.54) is 4.68 Å². The number of aromatic nitrogens is 2. The summed E-state index contributed by atoms with van der Waals surface area (Å²) in [6, 6.07) is 7.53. The smallest absolute Gasteiger partial charge is 0.286 e. The van der Waals surface area contributed by atoms with E-state index in [0.29, 0.717) is 4.47 Å². The molecular formula is C14H11BrN2O2. The van der Waals surface area contributed by atoms with Crippen LogP contribution in [0.3, 0.4) is 0 Å². The Bertz CT molecular complexity index is 726. The van der Waals surface area contributed by atoms with Crippen molar-refractivity contribution < 1.29 is 4.74 Å². The van der Waals surface area contributed by atoms with E-state index in [4.69, 9.17) is 4.74 Å². The summed E-state index contributed by atoms with van der Waals surface area (Å²) in [5, 5.41) is 4.29. The van der Waals surface area contributed by atoms with Crippen molar-refractivity contribution in [3.05, 3.63) is 50.9 Å². The minimum Gasteiger partial charge on any atom is -0.490 e. The van der Waals surface area contributed by atoms with Gasteiger partial charge < -0.3 is 4.74 Å². The Morgan fingerprint density at radius 2 is 2.26 bits per heavy atom. The first-order chi connectivity index (χ1) is 9.24. The molecule has 5 heteroatoms. The maximum absolute atomic E-state index is 12.4. The maximum atomic E-state index is 12.4. The van der Waals surface area contributed by atoms with Crippen molar-refractivity contribution in [3.8, 4) is 11.4 Å². The highest BCUT2D eigenvalue weighted by molar-refractivity contribution is 9.10. The number of nitrogens with zero attached hydrogens (tertiary/aromatic N) is 2. The fourth-order valence-corrected chi connectivity index (χ4v) is 3.28. The van der Waals surface area contributed by atoms with Crippen LogP contribution in [0.1, 0.15) is 24.3 Å². The van der Waals surface area contributed by atoms with Gasteiger partial charge in [0.05, 0.1) is 16.4 Å². The van der Waals surface area contributed by atoms with Gasteiger partial charge in [-0.05, 0) is 46.5 Å².